The third-order valence-electron chi connectivity index (χ3n) is 9.68. The van der Waals surface area contributed by atoms with Crippen molar-refractivity contribution in [3.63, 3.8) is 0 Å². The molecule has 0 atom stereocenters. The van der Waals surface area contributed by atoms with Crippen LogP contribution in [0.25, 0.3) is 11.1 Å². The topological polar surface area (TPSA) is 102 Å². The number of carbonyl (C=O) groups is 2. The summed E-state index contributed by atoms with van der Waals surface area (Å²) in [5.41, 5.74) is 7.44. The summed E-state index contributed by atoms with van der Waals surface area (Å²) in [7, 11) is 4.33. The van der Waals surface area contributed by atoms with Crippen molar-refractivity contribution in [2.75, 3.05) is 38.6 Å². The van der Waals surface area contributed by atoms with E-state index < -0.39 is 0 Å². The van der Waals surface area contributed by atoms with Crippen LogP contribution < -0.4 is 15.8 Å². The van der Waals surface area contributed by atoms with Crippen LogP contribution >= 0.6 is 0 Å². The van der Waals surface area contributed by atoms with E-state index in [1.54, 1.807) is 0 Å². The predicted octanol–water partition coefficient (Wildman–Crippen LogP) is 4.77. The van der Waals surface area contributed by atoms with Gasteiger partial charge in [-0.25, -0.2) is 0 Å². The van der Waals surface area contributed by atoms with Gasteiger partial charge < -0.3 is 20.1 Å². The van der Waals surface area contributed by atoms with Crippen LogP contribution in [0, 0.1) is 20.8 Å². The largest absolute Gasteiger partial charge is 0.369 e. The number of anilines is 1. The van der Waals surface area contributed by atoms with E-state index in [4.69, 9.17) is 4.98 Å². The van der Waals surface area contributed by atoms with Crippen molar-refractivity contribution in [2.24, 2.45) is 0 Å². The number of likely N-dealkylation sites (tertiary alicyclic amines) is 1. The summed E-state index contributed by atoms with van der Waals surface area (Å²) >= 11 is 0. The molecule has 2 aromatic heterocycles. The molecule has 1 aromatic carbocycles. The standard InChI is InChI=1S/C36H48N6O3/c1-7-42(30-12-10-29(11-13-30)40(5)6)34-18-27(26-8-9-28(37-19-26)21-41-15-14-31(43)22-41)17-32(25(34)4)35(44)38-20-33-23(2)16-24(3)39-36(33)45/h8-9,16-19,29-30H,7,10-15,20-22H2,1-6H3,(H,38,44)(H,39,45). The number of aromatic nitrogens is 2. The van der Waals surface area contributed by atoms with E-state index in [1.165, 1.54) is 0 Å². The zero-order valence-corrected chi connectivity index (χ0v) is 27.7. The van der Waals surface area contributed by atoms with Gasteiger partial charge in [0.05, 0.1) is 12.2 Å². The summed E-state index contributed by atoms with van der Waals surface area (Å²) in [5, 5.41) is 3.04. The van der Waals surface area contributed by atoms with Gasteiger partial charge in [0.2, 0.25) is 0 Å². The number of H-pyrrole nitrogens is 1. The summed E-state index contributed by atoms with van der Waals surface area (Å²) in [4.78, 5) is 52.7. The molecule has 9 heteroatoms. The average molecular weight is 613 g/mol. The third kappa shape index (κ3) is 7.53. The summed E-state index contributed by atoms with van der Waals surface area (Å²) in [6.45, 7) is 10.9. The number of ketones is 1. The summed E-state index contributed by atoms with van der Waals surface area (Å²) in [6.07, 6.45) is 6.99. The van der Waals surface area contributed by atoms with E-state index >= 15 is 0 Å². The summed E-state index contributed by atoms with van der Waals surface area (Å²) in [5.74, 6) is 0.0769. The Morgan fingerprint density at radius 2 is 1.76 bits per heavy atom. The number of nitrogens with zero attached hydrogens (tertiary/aromatic N) is 4. The number of carbonyl (C=O) groups excluding carboxylic acids is 2. The maximum atomic E-state index is 13.8. The van der Waals surface area contributed by atoms with Crippen LogP contribution in [-0.4, -0.2) is 77.3 Å². The molecule has 240 valence electrons. The van der Waals surface area contributed by atoms with E-state index in [1.807, 2.05) is 45.2 Å². The molecule has 0 unspecified atom stereocenters. The smallest absolute Gasteiger partial charge is 0.253 e. The van der Waals surface area contributed by atoms with Crippen molar-refractivity contribution >= 4 is 17.4 Å². The van der Waals surface area contributed by atoms with Crippen LogP contribution in [0.5, 0.6) is 0 Å². The normalized spacial score (nSPS) is 18.9. The number of aromatic amines is 1. The number of pyridine rings is 2. The van der Waals surface area contributed by atoms with E-state index in [0.29, 0.717) is 42.7 Å². The molecule has 9 nitrogen and oxygen atoms in total. The quantitative estimate of drug-likeness (QED) is 0.340. The number of nitrogens with one attached hydrogen (secondary N) is 2. The van der Waals surface area contributed by atoms with Gasteiger partial charge in [-0.05, 0) is 108 Å². The Balaban J connectivity index is 1.46. The number of hydrogen-bond acceptors (Lipinski definition) is 7. The first kappa shape index (κ1) is 32.6. The number of rotatable bonds is 10. The molecule has 3 heterocycles. The van der Waals surface area contributed by atoms with Crippen LogP contribution in [0.1, 0.15) is 77.5 Å². The molecule has 1 aliphatic heterocycles. The fourth-order valence-corrected chi connectivity index (χ4v) is 7.02. The molecule has 0 bridgehead atoms. The molecule has 0 radical (unpaired) electrons. The number of amides is 1. The van der Waals surface area contributed by atoms with Gasteiger partial charge in [-0.2, -0.15) is 0 Å². The lowest BCUT2D eigenvalue weighted by molar-refractivity contribution is -0.116. The van der Waals surface area contributed by atoms with Gasteiger partial charge in [0.1, 0.15) is 5.78 Å². The van der Waals surface area contributed by atoms with Gasteiger partial charge in [-0.15, -0.1) is 0 Å². The molecule has 1 saturated heterocycles. The van der Waals surface area contributed by atoms with Crippen molar-refractivity contribution in [3.05, 3.63) is 80.5 Å². The Labute approximate surface area is 267 Å². The van der Waals surface area contributed by atoms with Crippen LogP contribution in [0.4, 0.5) is 5.69 Å². The van der Waals surface area contributed by atoms with Crippen LogP contribution in [0.2, 0.25) is 0 Å². The second kappa shape index (κ2) is 14.1. The zero-order valence-electron chi connectivity index (χ0n) is 27.7. The Morgan fingerprint density at radius 3 is 2.36 bits per heavy atom. The molecule has 0 spiro atoms. The van der Waals surface area contributed by atoms with Gasteiger partial charge in [-0.1, -0.05) is 6.07 Å². The van der Waals surface area contributed by atoms with Gasteiger partial charge in [0, 0.05) is 79.0 Å². The first-order valence-corrected chi connectivity index (χ1v) is 16.3. The molecular formula is C36H48N6O3. The van der Waals surface area contributed by atoms with Crippen molar-refractivity contribution in [1.82, 2.24) is 25.1 Å². The highest BCUT2D eigenvalue weighted by molar-refractivity contribution is 5.99. The van der Waals surface area contributed by atoms with Crippen LogP contribution in [0.15, 0.2) is 41.3 Å². The van der Waals surface area contributed by atoms with Crippen molar-refractivity contribution in [1.29, 1.82) is 0 Å². The molecule has 2 fully saturated rings. The molecule has 45 heavy (non-hydrogen) atoms. The predicted molar refractivity (Wildman–Crippen MR) is 180 cm³/mol. The Hall–Kier alpha value is -3.82. The Morgan fingerprint density at radius 1 is 1.02 bits per heavy atom. The molecule has 1 saturated carbocycles. The summed E-state index contributed by atoms with van der Waals surface area (Å²) < 4.78 is 0. The molecule has 1 amide bonds. The first-order valence-electron chi connectivity index (χ1n) is 16.3. The lowest BCUT2D eigenvalue weighted by atomic mass is 9.88. The molecule has 3 aromatic rings. The highest BCUT2D eigenvalue weighted by Crippen LogP contribution is 2.35. The monoisotopic (exact) mass is 612 g/mol. The van der Waals surface area contributed by atoms with Gasteiger partial charge in [0.15, 0.2) is 0 Å². The number of Topliss-reactive ketones (excluding diaryl/α,β-unsaturated/α-hetero) is 1. The first-order chi connectivity index (χ1) is 21.5. The highest BCUT2D eigenvalue weighted by atomic mass is 16.2. The maximum Gasteiger partial charge on any atom is 0.253 e. The van der Waals surface area contributed by atoms with E-state index in [-0.39, 0.29) is 23.8 Å². The summed E-state index contributed by atoms with van der Waals surface area (Å²) in [6, 6.07) is 11.2. The fourth-order valence-electron chi connectivity index (χ4n) is 7.02. The van der Waals surface area contributed by atoms with Crippen LogP contribution in [0.3, 0.4) is 0 Å². The van der Waals surface area contributed by atoms with Crippen molar-refractivity contribution in [2.45, 2.75) is 85.0 Å². The molecule has 2 aliphatic rings. The Kier molecular flexibility index (Phi) is 10.2. The van der Waals surface area contributed by atoms with Gasteiger partial charge >= 0.3 is 0 Å². The van der Waals surface area contributed by atoms with Gasteiger partial charge in [-0.3, -0.25) is 24.3 Å². The number of hydrogen-bond donors (Lipinski definition) is 2. The third-order valence-corrected chi connectivity index (χ3v) is 9.68. The van der Waals surface area contributed by atoms with Crippen LogP contribution in [-0.2, 0) is 17.9 Å². The molecule has 5 rings (SSSR count). The SMILES string of the molecule is CCN(c1cc(-c2ccc(CN3CCC(=O)C3)nc2)cc(C(=O)NCc2c(C)cc(C)[nH]c2=O)c1C)C1CCC(N(C)C)CC1. The second-order valence-corrected chi connectivity index (χ2v) is 13.0. The van der Waals surface area contributed by atoms with E-state index in [2.05, 4.69) is 58.2 Å². The number of benzene rings is 1. The highest BCUT2D eigenvalue weighted by Gasteiger charge is 2.28. The van der Waals surface area contributed by atoms with Crippen molar-refractivity contribution < 1.29 is 9.59 Å². The second-order valence-electron chi connectivity index (χ2n) is 13.0. The number of aryl methyl sites for hydroxylation is 2. The molecule has 2 N–H and O–H groups in total. The van der Waals surface area contributed by atoms with Gasteiger partial charge in [0.25, 0.3) is 11.5 Å². The minimum atomic E-state index is -0.203. The lowest BCUT2D eigenvalue weighted by Gasteiger charge is -2.40. The van der Waals surface area contributed by atoms with E-state index in [9.17, 15) is 14.4 Å². The van der Waals surface area contributed by atoms with E-state index in [0.717, 1.165) is 78.1 Å². The fraction of sp³-hybridized carbons (Fsp3) is 0.500. The Bertz CT molecular complexity index is 1590. The minimum absolute atomic E-state index is 0.153. The lowest BCUT2D eigenvalue weighted by Crippen LogP contribution is -2.42. The molecule has 1 aliphatic carbocycles. The zero-order chi connectivity index (χ0) is 32.2. The molecular weight excluding hydrogens is 564 g/mol. The minimum Gasteiger partial charge on any atom is -0.369 e. The maximum absolute atomic E-state index is 13.8. The van der Waals surface area contributed by atoms with Crippen molar-refractivity contribution in [3.8, 4) is 11.1 Å². The average Bonchev–Trinajstić information content (AvgIpc) is 3.42.